The molecule has 78 valence electrons. The van der Waals surface area contributed by atoms with E-state index in [9.17, 15) is 9.18 Å². The molecule has 1 aliphatic rings. The van der Waals surface area contributed by atoms with Gasteiger partial charge in [-0.15, -0.1) is 0 Å². The van der Waals surface area contributed by atoms with Crippen LogP contribution in [-0.4, -0.2) is 6.08 Å². The largest absolute Gasteiger partial charge is 0.235 e. The number of benzene rings is 1. The van der Waals surface area contributed by atoms with Gasteiger partial charge in [-0.05, 0) is 37.5 Å². The smallest absolute Gasteiger partial charge is 0.211 e. The quantitative estimate of drug-likeness (QED) is 0.562. The van der Waals surface area contributed by atoms with E-state index in [1.54, 1.807) is 13.0 Å². The second-order valence-electron chi connectivity index (χ2n) is 3.80. The van der Waals surface area contributed by atoms with Gasteiger partial charge in [0.25, 0.3) is 0 Å². The Labute approximate surface area is 91.8 Å². The zero-order chi connectivity index (χ0) is 11.1. The first-order valence-corrected chi connectivity index (χ1v) is 5.02. The van der Waals surface area contributed by atoms with Crippen molar-refractivity contribution in [1.82, 2.24) is 0 Å². The van der Waals surface area contributed by atoms with E-state index in [1.807, 2.05) is 0 Å². The van der Waals surface area contributed by atoms with Crippen molar-refractivity contribution in [3.05, 3.63) is 34.1 Å². The molecule has 1 aromatic carbocycles. The summed E-state index contributed by atoms with van der Waals surface area (Å²) in [6.07, 6.45) is 3.03. The molecule has 0 bridgehead atoms. The molecule has 1 saturated carbocycles. The molecule has 0 unspecified atom stereocenters. The minimum absolute atomic E-state index is 0.357. The van der Waals surface area contributed by atoms with Crippen LogP contribution in [0.3, 0.4) is 0 Å². The first-order chi connectivity index (χ1) is 7.09. The molecular formula is C11H9ClFNO. The van der Waals surface area contributed by atoms with Crippen LogP contribution in [0.15, 0.2) is 17.1 Å². The highest BCUT2D eigenvalue weighted by molar-refractivity contribution is 6.31. The van der Waals surface area contributed by atoms with E-state index < -0.39 is 5.54 Å². The Morgan fingerprint density at radius 1 is 1.53 bits per heavy atom. The zero-order valence-electron chi connectivity index (χ0n) is 8.18. The summed E-state index contributed by atoms with van der Waals surface area (Å²) in [5.74, 6) is -0.357. The third kappa shape index (κ3) is 1.69. The third-order valence-corrected chi connectivity index (χ3v) is 3.19. The average Bonchev–Trinajstić information content (AvgIpc) is 2.95. The standard InChI is InChI=1S/C11H9ClFNO/c1-7-9(12)4-8(5-10(7)13)11(2-3-11)14-6-15/h4-5H,2-3H2,1H3. The van der Waals surface area contributed by atoms with Crippen LogP contribution in [0.2, 0.25) is 5.02 Å². The van der Waals surface area contributed by atoms with Gasteiger partial charge in [-0.25, -0.2) is 9.18 Å². The summed E-state index contributed by atoms with van der Waals surface area (Å²) in [6, 6.07) is 3.07. The van der Waals surface area contributed by atoms with Crippen molar-refractivity contribution in [2.45, 2.75) is 25.3 Å². The molecule has 1 fully saturated rings. The van der Waals surface area contributed by atoms with Gasteiger partial charge in [-0.2, -0.15) is 4.99 Å². The lowest BCUT2D eigenvalue weighted by Gasteiger charge is -2.10. The Morgan fingerprint density at radius 2 is 2.20 bits per heavy atom. The zero-order valence-corrected chi connectivity index (χ0v) is 8.94. The van der Waals surface area contributed by atoms with Gasteiger partial charge in [0.2, 0.25) is 6.08 Å². The van der Waals surface area contributed by atoms with Crippen LogP contribution < -0.4 is 0 Å². The van der Waals surface area contributed by atoms with Crippen LogP contribution >= 0.6 is 11.6 Å². The molecule has 15 heavy (non-hydrogen) atoms. The number of aliphatic imine (C=N–C) groups is 1. The topological polar surface area (TPSA) is 29.4 Å². The average molecular weight is 226 g/mol. The highest BCUT2D eigenvalue weighted by atomic mass is 35.5. The van der Waals surface area contributed by atoms with Crippen molar-refractivity contribution in [3.63, 3.8) is 0 Å². The van der Waals surface area contributed by atoms with Crippen molar-refractivity contribution in [2.24, 2.45) is 4.99 Å². The molecule has 0 spiro atoms. The maximum absolute atomic E-state index is 13.4. The van der Waals surface area contributed by atoms with E-state index in [1.165, 1.54) is 12.1 Å². The molecule has 1 aromatic rings. The fraction of sp³-hybridized carbons (Fsp3) is 0.364. The first kappa shape index (κ1) is 10.3. The minimum atomic E-state index is -0.556. The van der Waals surface area contributed by atoms with Crippen molar-refractivity contribution in [1.29, 1.82) is 0 Å². The molecule has 0 aromatic heterocycles. The first-order valence-electron chi connectivity index (χ1n) is 4.64. The van der Waals surface area contributed by atoms with Gasteiger partial charge in [0.1, 0.15) is 5.82 Å². The lowest BCUT2D eigenvalue weighted by molar-refractivity contribution is 0.555. The number of isocyanates is 1. The highest BCUT2D eigenvalue weighted by Crippen LogP contribution is 2.50. The fourth-order valence-electron chi connectivity index (χ4n) is 1.58. The third-order valence-electron chi connectivity index (χ3n) is 2.80. The molecule has 2 rings (SSSR count). The molecule has 0 N–H and O–H groups in total. The lowest BCUT2D eigenvalue weighted by atomic mass is 10.0. The van der Waals surface area contributed by atoms with E-state index in [2.05, 4.69) is 4.99 Å². The van der Waals surface area contributed by atoms with E-state index >= 15 is 0 Å². The Morgan fingerprint density at radius 3 is 2.67 bits per heavy atom. The molecule has 2 nitrogen and oxygen atoms in total. The molecule has 0 heterocycles. The van der Waals surface area contributed by atoms with Gasteiger partial charge in [-0.3, -0.25) is 0 Å². The summed E-state index contributed by atoms with van der Waals surface area (Å²) in [4.78, 5) is 14.0. The number of carbonyl (C=O) groups excluding carboxylic acids is 1. The summed E-state index contributed by atoms with van der Waals surface area (Å²) < 4.78 is 13.4. The summed E-state index contributed by atoms with van der Waals surface area (Å²) in [5, 5.41) is 0.373. The van der Waals surface area contributed by atoms with E-state index in [0.717, 1.165) is 12.8 Å². The Balaban J connectivity index is 2.51. The van der Waals surface area contributed by atoms with Gasteiger partial charge in [0.05, 0.1) is 5.54 Å². The van der Waals surface area contributed by atoms with Crippen molar-refractivity contribution in [3.8, 4) is 0 Å². The predicted molar refractivity (Wildman–Crippen MR) is 55.2 cm³/mol. The van der Waals surface area contributed by atoms with Crippen molar-refractivity contribution in [2.75, 3.05) is 0 Å². The van der Waals surface area contributed by atoms with Crippen LogP contribution in [0.1, 0.15) is 24.0 Å². The predicted octanol–water partition coefficient (Wildman–Crippen LogP) is 3.11. The van der Waals surface area contributed by atoms with Crippen LogP contribution in [0, 0.1) is 12.7 Å². The molecule has 0 aliphatic heterocycles. The summed E-state index contributed by atoms with van der Waals surface area (Å²) in [6.45, 7) is 1.62. The van der Waals surface area contributed by atoms with Crippen molar-refractivity contribution < 1.29 is 9.18 Å². The minimum Gasteiger partial charge on any atom is -0.211 e. The maximum Gasteiger partial charge on any atom is 0.235 e. The van der Waals surface area contributed by atoms with Gasteiger partial charge < -0.3 is 0 Å². The van der Waals surface area contributed by atoms with Gasteiger partial charge in [0.15, 0.2) is 0 Å². The molecule has 0 saturated heterocycles. The number of halogens is 2. The van der Waals surface area contributed by atoms with E-state index in [-0.39, 0.29) is 5.82 Å². The number of nitrogens with zero attached hydrogens (tertiary/aromatic N) is 1. The maximum atomic E-state index is 13.4. The van der Waals surface area contributed by atoms with Crippen LogP contribution in [-0.2, 0) is 10.3 Å². The monoisotopic (exact) mass is 225 g/mol. The number of rotatable bonds is 2. The fourth-order valence-corrected chi connectivity index (χ4v) is 1.79. The molecule has 0 amide bonds. The molecule has 0 atom stereocenters. The van der Waals surface area contributed by atoms with Crippen LogP contribution in [0.4, 0.5) is 4.39 Å². The van der Waals surface area contributed by atoms with Gasteiger partial charge in [0, 0.05) is 10.6 Å². The summed E-state index contributed by atoms with van der Waals surface area (Å²) in [7, 11) is 0. The Hall–Kier alpha value is -1.18. The SMILES string of the molecule is Cc1c(F)cc(C2(N=C=O)CC2)cc1Cl. The van der Waals surface area contributed by atoms with Crippen LogP contribution in [0.25, 0.3) is 0 Å². The highest BCUT2D eigenvalue weighted by Gasteiger charge is 2.45. The number of hydrogen-bond acceptors (Lipinski definition) is 2. The molecular weight excluding hydrogens is 217 g/mol. The number of hydrogen-bond donors (Lipinski definition) is 0. The second kappa shape index (κ2) is 3.44. The second-order valence-corrected chi connectivity index (χ2v) is 4.21. The summed E-state index contributed by atoms with van der Waals surface area (Å²) in [5.41, 5.74) is 0.533. The summed E-state index contributed by atoms with van der Waals surface area (Å²) >= 11 is 5.87. The molecule has 0 radical (unpaired) electrons. The van der Waals surface area contributed by atoms with Gasteiger partial charge >= 0.3 is 0 Å². The normalized spacial score (nSPS) is 17.0. The van der Waals surface area contributed by atoms with E-state index in [4.69, 9.17) is 11.6 Å². The molecule has 4 heteroatoms. The van der Waals surface area contributed by atoms with Crippen molar-refractivity contribution >= 4 is 17.7 Å². The Bertz CT molecular complexity index is 439. The van der Waals surface area contributed by atoms with Crippen LogP contribution in [0.5, 0.6) is 0 Å². The molecule has 1 aliphatic carbocycles. The van der Waals surface area contributed by atoms with Gasteiger partial charge in [-0.1, -0.05) is 11.6 Å². The van der Waals surface area contributed by atoms with E-state index in [0.29, 0.717) is 16.1 Å². The lowest BCUT2D eigenvalue weighted by Crippen LogP contribution is -2.03. The Kier molecular flexibility index (Phi) is 2.37.